The molecular formula is C19H16N2O5. The molecule has 1 aliphatic heterocycles. The maximum Gasteiger partial charge on any atom is 0.363 e. The Morgan fingerprint density at radius 1 is 1.23 bits per heavy atom. The molecule has 0 fully saturated rings. The minimum Gasteiger partial charge on any atom is -0.497 e. The van der Waals surface area contributed by atoms with Crippen molar-refractivity contribution in [2.75, 3.05) is 7.11 Å². The molecule has 132 valence electrons. The molecule has 0 aliphatic carbocycles. The normalized spacial score (nSPS) is 14.9. The third-order valence-electron chi connectivity index (χ3n) is 3.95. The summed E-state index contributed by atoms with van der Waals surface area (Å²) in [5.41, 5.74) is 1.89. The summed E-state index contributed by atoms with van der Waals surface area (Å²) < 4.78 is 10.3. The van der Waals surface area contributed by atoms with Crippen molar-refractivity contribution in [3.05, 3.63) is 75.0 Å². The number of nitro benzene ring substituents is 1. The highest BCUT2D eigenvalue weighted by atomic mass is 16.6. The number of carbonyl (C=O) groups excluding carboxylic acids is 1. The fourth-order valence-corrected chi connectivity index (χ4v) is 2.56. The summed E-state index contributed by atoms with van der Waals surface area (Å²) in [6.45, 7) is 1.85. The van der Waals surface area contributed by atoms with Gasteiger partial charge in [0.05, 0.1) is 12.0 Å². The Balaban J connectivity index is 1.93. The lowest BCUT2D eigenvalue weighted by Crippen LogP contribution is -2.05. The number of nitro groups is 1. The number of nitrogens with zero attached hydrogens (tertiary/aromatic N) is 2. The zero-order valence-corrected chi connectivity index (χ0v) is 14.3. The maximum atomic E-state index is 12.1. The van der Waals surface area contributed by atoms with Crippen LogP contribution in [0.1, 0.15) is 23.6 Å². The number of ether oxygens (including phenoxy) is 2. The average molecular weight is 352 g/mol. The van der Waals surface area contributed by atoms with Gasteiger partial charge in [-0.15, -0.1) is 0 Å². The average Bonchev–Trinajstić information content (AvgIpc) is 3.02. The van der Waals surface area contributed by atoms with Crippen molar-refractivity contribution in [2.45, 2.75) is 13.3 Å². The molecule has 1 aliphatic rings. The molecule has 2 aromatic carbocycles. The van der Waals surface area contributed by atoms with Crippen LogP contribution in [0.25, 0.3) is 6.08 Å². The van der Waals surface area contributed by atoms with Gasteiger partial charge in [0, 0.05) is 17.2 Å². The van der Waals surface area contributed by atoms with E-state index in [4.69, 9.17) is 9.47 Å². The molecule has 1 heterocycles. The van der Waals surface area contributed by atoms with Gasteiger partial charge in [0.1, 0.15) is 5.75 Å². The predicted molar refractivity (Wildman–Crippen MR) is 96.1 cm³/mol. The van der Waals surface area contributed by atoms with E-state index in [1.165, 1.54) is 12.1 Å². The second-order valence-corrected chi connectivity index (χ2v) is 5.56. The molecule has 26 heavy (non-hydrogen) atoms. The first-order valence-corrected chi connectivity index (χ1v) is 7.96. The summed E-state index contributed by atoms with van der Waals surface area (Å²) in [6.07, 6.45) is 2.03. The number of methoxy groups -OCH3 is 1. The number of benzene rings is 2. The Hall–Kier alpha value is -3.48. The van der Waals surface area contributed by atoms with E-state index < -0.39 is 10.9 Å². The number of cyclic esters (lactones) is 1. The number of hydrogen-bond acceptors (Lipinski definition) is 6. The van der Waals surface area contributed by atoms with Crippen LogP contribution < -0.4 is 4.74 Å². The van der Waals surface area contributed by atoms with E-state index in [9.17, 15) is 14.9 Å². The van der Waals surface area contributed by atoms with Crippen LogP contribution >= 0.6 is 0 Å². The third kappa shape index (κ3) is 3.46. The molecule has 0 spiro atoms. The Kier molecular flexibility index (Phi) is 4.79. The van der Waals surface area contributed by atoms with Crippen LogP contribution in [0.3, 0.4) is 0 Å². The van der Waals surface area contributed by atoms with Crippen LogP contribution in [0, 0.1) is 10.1 Å². The number of carbonyl (C=O) groups is 1. The highest BCUT2D eigenvalue weighted by Crippen LogP contribution is 2.25. The van der Waals surface area contributed by atoms with Crippen molar-refractivity contribution < 1.29 is 19.2 Å². The van der Waals surface area contributed by atoms with Gasteiger partial charge in [0.15, 0.2) is 5.70 Å². The van der Waals surface area contributed by atoms with E-state index in [0.717, 1.165) is 0 Å². The largest absolute Gasteiger partial charge is 0.497 e. The van der Waals surface area contributed by atoms with Gasteiger partial charge in [-0.3, -0.25) is 10.1 Å². The lowest BCUT2D eigenvalue weighted by molar-refractivity contribution is -0.385. The smallest absolute Gasteiger partial charge is 0.363 e. The van der Waals surface area contributed by atoms with Gasteiger partial charge >= 0.3 is 5.97 Å². The summed E-state index contributed by atoms with van der Waals surface area (Å²) in [5, 5.41) is 11.2. The van der Waals surface area contributed by atoms with Crippen molar-refractivity contribution in [1.29, 1.82) is 0 Å². The van der Waals surface area contributed by atoms with Crippen molar-refractivity contribution in [1.82, 2.24) is 0 Å². The van der Waals surface area contributed by atoms with Crippen LogP contribution in [0.2, 0.25) is 0 Å². The second kappa shape index (κ2) is 7.18. The second-order valence-electron chi connectivity index (χ2n) is 5.56. The third-order valence-corrected chi connectivity index (χ3v) is 3.95. The van der Waals surface area contributed by atoms with E-state index >= 15 is 0 Å². The molecule has 3 rings (SSSR count). The van der Waals surface area contributed by atoms with E-state index in [1.54, 1.807) is 43.5 Å². The minimum absolute atomic E-state index is 0.0209. The molecule has 0 aromatic heterocycles. The predicted octanol–water partition coefficient (Wildman–Crippen LogP) is 3.51. The first kappa shape index (κ1) is 17.3. The molecule has 0 atom stereocenters. The standard InChI is InChI=1S/C19H16N2O5/c1-3-13-5-4-12(11-17(13)21(23)24)10-16-19(22)26-18(20-16)14-6-8-15(25-2)9-7-14/h4-11H,3H2,1-2H3/b16-10-. The van der Waals surface area contributed by atoms with Gasteiger partial charge in [-0.1, -0.05) is 19.1 Å². The number of esters is 1. The number of aryl methyl sites for hydroxylation is 1. The Labute approximate surface area is 149 Å². The van der Waals surface area contributed by atoms with Crippen molar-refractivity contribution >= 4 is 23.6 Å². The fraction of sp³-hybridized carbons (Fsp3) is 0.158. The minimum atomic E-state index is -0.599. The molecule has 0 saturated heterocycles. The molecule has 0 saturated carbocycles. The first-order chi connectivity index (χ1) is 12.5. The van der Waals surface area contributed by atoms with Gasteiger partial charge in [-0.25, -0.2) is 9.79 Å². The number of aliphatic imine (C=N–C) groups is 1. The highest BCUT2D eigenvalue weighted by molar-refractivity contribution is 6.12. The van der Waals surface area contributed by atoms with E-state index in [-0.39, 0.29) is 17.3 Å². The van der Waals surface area contributed by atoms with Gasteiger partial charge in [-0.2, -0.15) is 0 Å². The lowest BCUT2D eigenvalue weighted by Gasteiger charge is -2.01. The van der Waals surface area contributed by atoms with Crippen LogP contribution in [0.15, 0.2) is 53.2 Å². The molecule has 7 nitrogen and oxygen atoms in total. The summed E-state index contributed by atoms with van der Waals surface area (Å²) in [6, 6.07) is 11.8. The van der Waals surface area contributed by atoms with E-state index in [2.05, 4.69) is 4.99 Å². The summed E-state index contributed by atoms with van der Waals surface area (Å²) >= 11 is 0. The molecule has 2 aromatic rings. The quantitative estimate of drug-likeness (QED) is 0.355. The maximum absolute atomic E-state index is 12.1. The highest BCUT2D eigenvalue weighted by Gasteiger charge is 2.24. The van der Waals surface area contributed by atoms with Crippen molar-refractivity contribution in [3.63, 3.8) is 0 Å². The zero-order chi connectivity index (χ0) is 18.7. The Morgan fingerprint density at radius 2 is 1.96 bits per heavy atom. The molecule has 0 unspecified atom stereocenters. The lowest BCUT2D eigenvalue weighted by atomic mass is 10.1. The van der Waals surface area contributed by atoms with Crippen molar-refractivity contribution in [2.24, 2.45) is 4.99 Å². The SMILES string of the molecule is CCc1ccc(/C=C2\N=C(c3ccc(OC)cc3)OC2=O)cc1[N+](=O)[O-]. The summed E-state index contributed by atoms with van der Waals surface area (Å²) in [4.78, 5) is 27.0. The van der Waals surface area contributed by atoms with Crippen LogP contribution in [-0.2, 0) is 16.0 Å². The van der Waals surface area contributed by atoms with E-state index in [0.29, 0.717) is 28.9 Å². The van der Waals surface area contributed by atoms with Crippen LogP contribution in [0.5, 0.6) is 5.75 Å². The fourth-order valence-electron chi connectivity index (χ4n) is 2.56. The Morgan fingerprint density at radius 3 is 2.58 bits per heavy atom. The summed E-state index contributed by atoms with van der Waals surface area (Å²) in [7, 11) is 1.56. The Bertz CT molecular complexity index is 929. The number of hydrogen-bond donors (Lipinski definition) is 0. The number of rotatable bonds is 5. The van der Waals surface area contributed by atoms with Crippen LogP contribution in [0.4, 0.5) is 5.69 Å². The first-order valence-electron chi connectivity index (χ1n) is 7.96. The van der Waals surface area contributed by atoms with Gasteiger partial charge in [0.2, 0.25) is 5.90 Å². The monoisotopic (exact) mass is 352 g/mol. The molecular weight excluding hydrogens is 336 g/mol. The van der Waals surface area contributed by atoms with Gasteiger partial charge in [0.25, 0.3) is 5.69 Å². The molecule has 0 amide bonds. The molecule has 0 radical (unpaired) electrons. The molecule has 0 bridgehead atoms. The van der Waals surface area contributed by atoms with Gasteiger partial charge in [-0.05, 0) is 42.3 Å². The summed E-state index contributed by atoms with van der Waals surface area (Å²) in [5.74, 6) is 0.263. The van der Waals surface area contributed by atoms with Crippen molar-refractivity contribution in [3.8, 4) is 5.75 Å². The topological polar surface area (TPSA) is 91.0 Å². The van der Waals surface area contributed by atoms with E-state index in [1.807, 2.05) is 6.92 Å². The van der Waals surface area contributed by atoms with Crippen LogP contribution in [-0.4, -0.2) is 23.9 Å². The zero-order valence-electron chi connectivity index (χ0n) is 14.3. The molecule has 7 heteroatoms. The molecule has 0 N–H and O–H groups in total. The van der Waals surface area contributed by atoms with Gasteiger partial charge < -0.3 is 9.47 Å².